The average Bonchev–Trinajstić information content (AvgIpc) is 3.32. The summed E-state index contributed by atoms with van der Waals surface area (Å²) in [5.74, 6) is -0.202. The van der Waals surface area contributed by atoms with Crippen molar-refractivity contribution in [1.82, 2.24) is 14.8 Å². The van der Waals surface area contributed by atoms with E-state index in [0.29, 0.717) is 5.56 Å². The van der Waals surface area contributed by atoms with Crippen LogP contribution in [0.2, 0.25) is 0 Å². The number of aromatic nitrogens is 2. The normalized spacial score (nSPS) is 11.0. The molecular weight excluding hydrogens is 450 g/mol. The molecular formula is C21H14BrN5OS. The predicted octanol–water partition coefficient (Wildman–Crippen LogP) is 4.39. The lowest BCUT2D eigenvalue weighted by Crippen LogP contribution is -2.20. The van der Waals surface area contributed by atoms with Crippen LogP contribution in [0.4, 0.5) is 0 Å². The lowest BCUT2D eigenvalue weighted by Gasteiger charge is -2.00. The molecule has 0 aliphatic heterocycles. The van der Waals surface area contributed by atoms with Gasteiger partial charge in [0.15, 0.2) is 4.96 Å². The van der Waals surface area contributed by atoms with Crippen LogP contribution in [0.1, 0.15) is 16.8 Å². The first-order valence-corrected chi connectivity index (χ1v) is 10.3. The molecule has 8 heteroatoms. The highest BCUT2D eigenvalue weighted by molar-refractivity contribution is 9.10. The Labute approximate surface area is 179 Å². The number of nitrogens with one attached hydrogen (secondary N) is 1. The van der Waals surface area contributed by atoms with Crippen molar-refractivity contribution >= 4 is 44.3 Å². The van der Waals surface area contributed by atoms with Gasteiger partial charge >= 0.3 is 0 Å². The summed E-state index contributed by atoms with van der Waals surface area (Å²) in [4.78, 5) is 17.7. The molecule has 0 radical (unpaired) electrons. The minimum Gasteiger partial charge on any atom is -0.294 e. The Morgan fingerprint density at radius 1 is 1.24 bits per heavy atom. The van der Waals surface area contributed by atoms with Crippen LogP contribution in [0.25, 0.3) is 16.2 Å². The summed E-state index contributed by atoms with van der Waals surface area (Å²) in [5.41, 5.74) is 6.63. The largest absolute Gasteiger partial charge is 0.294 e. The van der Waals surface area contributed by atoms with Crippen LogP contribution in [0.5, 0.6) is 0 Å². The van der Waals surface area contributed by atoms with Crippen LogP contribution in [0.15, 0.2) is 69.7 Å². The van der Waals surface area contributed by atoms with Crippen LogP contribution in [0, 0.1) is 11.3 Å². The Hall–Kier alpha value is -3.28. The number of hydrogen-bond donors (Lipinski definition) is 1. The quantitative estimate of drug-likeness (QED) is 0.351. The van der Waals surface area contributed by atoms with Gasteiger partial charge < -0.3 is 0 Å². The highest BCUT2D eigenvalue weighted by Crippen LogP contribution is 2.24. The van der Waals surface area contributed by atoms with E-state index in [1.165, 1.54) is 11.3 Å². The maximum atomic E-state index is 12.3. The number of nitriles is 1. The zero-order chi connectivity index (χ0) is 20.2. The van der Waals surface area contributed by atoms with Crippen LogP contribution in [0.3, 0.4) is 0 Å². The number of carbonyl (C=O) groups is 1. The highest BCUT2D eigenvalue weighted by atomic mass is 79.9. The highest BCUT2D eigenvalue weighted by Gasteiger charge is 2.12. The van der Waals surface area contributed by atoms with Crippen LogP contribution in [-0.4, -0.2) is 21.5 Å². The zero-order valence-corrected chi connectivity index (χ0v) is 17.4. The molecule has 0 aliphatic rings. The molecule has 0 spiro atoms. The van der Waals surface area contributed by atoms with Crippen molar-refractivity contribution in [2.75, 3.05) is 0 Å². The first kappa shape index (κ1) is 19.1. The second-order valence-corrected chi connectivity index (χ2v) is 7.97. The van der Waals surface area contributed by atoms with Crippen molar-refractivity contribution in [3.63, 3.8) is 0 Å². The number of thiazole rings is 1. The fraction of sp³-hybridized carbons (Fsp3) is 0.0476. The molecule has 0 fully saturated rings. The van der Waals surface area contributed by atoms with Crippen molar-refractivity contribution < 1.29 is 4.79 Å². The van der Waals surface area contributed by atoms with Gasteiger partial charge in [0.1, 0.15) is 0 Å². The van der Waals surface area contributed by atoms with E-state index in [2.05, 4.69) is 37.5 Å². The number of imidazole rings is 1. The van der Waals surface area contributed by atoms with Gasteiger partial charge in [0.05, 0.1) is 30.0 Å². The first-order chi connectivity index (χ1) is 14.1. The van der Waals surface area contributed by atoms with E-state index in [1.807, 2.05) is 52.4 Å². The number of hydrogen-bond acceptors (Lipinski definition) is 5. The van der Waals surface area contributed by atoms with E-state index >= 15 is 0 Å². The average molecular weight is 464 g/mol. The number of nitrogens with zero attached hydrogens (tertiary/aromatic N) is 4. The first-order valence-electron chi connectivity index (χ1n) is 8.66. The van der Waals surface area contributed by atoms with Gasteiger partial charge in [-0.25, -0.2) is 10.4 Å². The molecule has 0 bridgehead atoms. The molecule has 142 valence electrons. The number of halogens is 1. The number of benzene rings is 2. The van der Waals surface area contributed by atoms with Crippen molar-refractivity contribution in [3.8, 4) is 17.3 Å². The van der Waals surface area contributed by atoms with E-state index in [4.69, 9.17) is 5.26 Å². The summed E-state index contributed by atoms with van der Waals surface area (Å²) in [5, 5.41) is 14.9. The lowest BCUT2D eigenvalue weighted by molar-refractivity contribution is -0.120. The topological polar surface area (TPSA) is 82.5 Å². The molecule has 4 aromatic rings. The predicted molar refractivity (Wildman–Crippen MR) is 117 cm³/mol. The molecule has 1 amide bonds. The Kier molecular flexibility index (Phi) is 5.51. The third kappa shape index (κ3) is 4.42. The van der Waals surface area contributed by atoms with Crippen LogP contribution >= 0.6 is 27.3 Å². The van der Waals surface area contributed by atoms with Crippen molar-refractivity contribution in [1.29, 1.82) is 5.26 Å². The van der Waals surface area contributed by atoms with Crippen molar-refractivity contribution in [3.05, 3.63) is 81.4 Å². The monoisotopic (exact) mass is 463 g/mol. The SMILES string of the molecule is N#Cc1ccc(-c2cn3c(CC(=O)N/N=C/c4ccc(Br)cc4)csc3n2)cc1. The van der Waals surface area contributed by atoms with Gasteiger partial charge in [0, 0.05) is 27.3 Å². The number of hydrazone groups is 1. The maximum absolute atomic E-state index is 12.3. The van der Waals surface area contributed by atoms with Crippen molar-refractivity contribution in [2.24, 2.45) is 5.10 Å². The van der Waals surface area contributed by atoms with Crippen molar-refractivity contribution in [2.45, 2.75) is 6.42 Å². The molecule has 0 saturated heterocycles. The molecule has 0 saturated carbocycles. The standard InChI is InChI=1S/C21H14BrN5OS/c22-17-7-3-15(4-8-17)11-24-26-20(28)9-18-13-29-21-25-19(12-27(18)21)16-5-1-14(10-23)2-6-16/h1-8,11-13H,9H2,(H,26,28)/b24-11+. The second-order valence-electron chi connectivity index (χ2n) is 6.22. The molecule has 2 heterocycles. The van der Waals surface area contributed by atoms with Crippen LogP contribution < -0.4 is 5.43 Å². The Bertz CT molecular complexity index is 1230. The van der Waals surface area contributed by atoms with E-state index in [9.17, 15) is 4.79 Å². The van der Waals surface area contributed by atoms with Gasteiger partial charge in [-0.05, 0) is 29.8 Å². The minimum absolute atomic E-state index is 0.195. The lowest BCUT2D eigenvalue weighted by atomic mass is 10.1. The van der Waals surface area contributed by atoms with Crippen LogP contribution in [-0.2, 0) is 11.2 Å². The minimum atomic E-state index is -0.202. The number of carbonyl (C=O) groups excluding carboxylic acids is 1. The fourth-order valence-electron chi connectivity index (χ4n) is 2.74. The van der Waals surface area contributed by atoms with Gasteiger partial charge in [-0.3, -0.25) is 9.20 Å². The summed E-state index contributed by atoms with van der Waals surface area (Å²) in [6, 6.07) is 17.0. The molecule has 0 unspecified atom stereocenters. The molecule has 2 aromatic heterocycles. The maximum Gasteiger partial charge on any atom is 0.246 e. The molecule has 2 aromatic carbocycles. The summed E-state index contributed by atoms with van der Waals surface area (Å²) in [6.07, 6.45) is 3.70. The number of rotatable bonds is 5. The summed E-state index contributed by atoms with van der Waals surface area (Å²) >= 11 is 4.86. The van der Waals surface area contributed by atoms with E-state index < -0.39 is 0 Å². The molecule has 0 atom stereocenters. The third-order valence-corrected chi connectivity index (χ3v) is 5.63. The van der Waals surface area contributed by atoms with Gasteiger partial charge in [-0.2, -0.15) is 10.4 Å². The fourth-order valence-corrected chi connectivity index (χ4v) is 3.88. The number of fused-ring (bicyclic) bond motifs is 1. The second kappa shape index (κ2) is 8.39. The molecule has 6 nitrogen and oxygen atoms in total. The summed E-state index contributed by atoms with van der Waals surface area (Å²) < 4.78 is 2.90. The third-order valence-electron chi connectivity index (χ3n) is 4.21. The molecule has 1 N–H and O–H groups in total. The Morgan fingerprint density at radius 3 is 2.72 bits per heavy atom. The van der Waals surface area contributed by atoms with E-state index in [-0.39, 0.29) is 12.3 Å². The molecule has 4 rings (SSSR count). The van der Waals surface area contributed by atoms with E-state index in [0.717, 1.165) is 31.9 Å². The van der Waals surface area contributed by atoms with Gasteiger partial charge in [0.25, 0.3) is 0 Å². The summed E-state index contributed by atoms with van der Waals surface area (Å²) in [6.45, 7) is 0. The molecule has 29 heavy (non-hydrogen) atoms. The Balaban J connectivity index is 1.45. The smallest absolute Gasteiger partial charge is 0.246 e. The van der Waals surface area contributed by atoms with Gasteiger partial charge in [-0.1, -0.05) is 40.2 Å². The summed E-state index contributed by atoms with van der Waals surface area (Å²) in [7, 11) is 0. The zero-order valence-electron chi connectivity index (χ0n) is 15.0. The van der Waals surface area contributed by atoms with E-state index in [1.54, 1.807) is 18.3 Å². The Morgan fingerprint density at radius 2 is 2.00 bits per heavy atom. The van der Waals surface area contributed by atoms with Gasteiger partial charge in [0.2, 0.25) is 5.91 Å². The molecule has 0 aliphatic carbocycles. The van der Waals surface area contributed by atoms with Gasteiger partial charge in [-0.15, -0.1) is 11.3 Å². The number of amides is 1.